The standard InChI is InChI=1S/C53H32N4S/c54-33-40-17-7-8-18-41(40)35-25-23-34(24-26-35)38-27-29-48-46(31-38)53(44-21-11-9-19-42(44)43-20-10-12-22-45(43)53)47-32-39(28-30-49(47)58-48)52-56-50(36-13-3-1-4-14-36)55-51(57-52)37-15-5-2-6-16-37/h1-32H. The average Bonchev–Trinajstić information content (AvgIpc) is 3.60. The lowest BCUT2D eigenvalue weighted by Gasteiger charge is -2.40. The zero-order valence-electron chi connectivity index (χ0n) is 31.2. The van der Waals surface area contributed by atoms with E-state index >= 15 is 0 Å². The Labute approximate surface area is 341 Å². The quantitative estimate of drug-likeness (QED) is 0.175. The molecule has 0 bridgehead atoms. The van der Waals surface area contributed by atoms with Crippen molar-refractivity contribution in [3.8, 4) is 73.6 Å². The summed E-state index contributed by atoms with van der Waals surface area (Å²) >= 11 is 1.82. The summed E-state index contributed by atoms with van der Waals surface area (Å²) in [6.45, 7) is 0. The molecule has 11 rings (SSSR count). The van der Waals surface area contributed by atoms with Crippen molar-refractivity contribution in [3.05, 3.63) is 222 Å². The normalized spacial score (nSPS) is 12.9. The van der Waals surface area contributed by atoms with Gasteiger partial charge in [0.05, 0.1) is 17.0 Å². The third kappa shape index (κ3) is 5.34. The van der Waals surface area contributed by atoms with Gasteiger partial charge in [-0.2, -0.15) is 5.26 Å². The van der Waals surface area contributed by atoms with Crippen LogP contribution in [0.5, 0.6) is 0 Å². The summed E-state index contributed by atoms with van der Waals surface area (Å²) < 4.78 is 0. The monoisotopic (exact) mass is 756 g/mol. The Morgan fingerprint density at radius 2 is 0.793 bits per heavy atom. The summed E-state index contributed by atoms with van der Waals surface area (Å²) in [6.07, 6.45) is 0. The third-order valence-corrected chi connectivity index (χ3v) is 12.6. The van der Waals surface area contributed by atoms with Crippen LogP contribution in [-0.4, -0.2) is 15.0 Å². The molecule has 0 saturated carbocycles. The van der Waals surface area contributed by atoms with E-state index in [1.807, 2.05) is 96.7 Å². The Bertz CT molecular complexity index is 2990. The molecular weight excluding hydrogens is 725 g/mol. The lowest BCUT2D eigenvalue weighted by Crippen LogP contribution is -2.32. The van der Waals surface area contributed by atoms with Crippen molar-refractivity contribution in [1.29, 1.82) is 5.26 Å². The van der Waals surface area contributed by atoms with Crippen molar-refractivity contribution in [2.45, 2.75) is 15.2 Å². The molecule has 0 fully saturated rings. The van der Waals surface area contributed by atoms with Gasteiger partial charge < -0.3 is 0 Å². The molecule has 0 atom stereocenters. The van der Waals surface area contributed by atoms with E-state index in [2.05, 4.69) is 115 Å². The summed E-state index contributed by atoms with van der Waals surface area (Å²) in [7, 11) is 0. The second-order valence-corrected chi connectivity index (χ2v) is 15.7. The predicted octanol–water partition coefficient (Wildman–Crippen LogP) is 12.9. The van der Waals surface area contributed by atoms with Crippen LogP contribution in [0.1, 0.15) is 27.8 Å². The zero-order valence-corrected chi connectivity index (χ0v) is 32.0. The lowest BCUT2D eigenvalue weighted by atomic mass is 9.66. The van der Waals surface area contributed by atoms with E-state index in [9.17, 15) is 5.26 Å². The first-order chi connectivity index (χ1) is 28.7. The molecule has 8 aromatic carbocycles. The van der Waals surface area contributed by atoms with Crippen molar-refractivity contribution in [1.82, 2.24) is 15.0 Å². The maximum absolute atomic E-state index is 9.77. The molecule has 4 nitrogen and oxygen atoms in total. The molecule has 58 heavy (non-hydrogen) atoms. The third-order valence-electron chi connectivity index (χ3n) is 11.5. The van der Waals surface area contributed by atoms with Crippen LogP contribution in [0.25, 0.3) is 67.5 Å². The molecule has 1 spiro atoms. The average molecular weight is 757 g/mol. The molecule has 5 heteroatoms. The minimum absolute atomic E-state index is 0.599. The Balaban J connectivity index is 1.12. The number of nitrogens with zero attached hydrogens (tertiary/aromatic N) is 4. The molecule has 0 unspecified atom stereocenters. The first-order valence-corrected chi connectivity index (χ1v) is 20.1. The zero-order chi connectivity index (χ0) is 38.6. The molecule has 9 aromatic rings. The van der Waals surface area contributed by atoms with Gasteiger partial charge in [-0.25, -0.2) is 15.0 Å². The maximum Gasteiger partial charge on any atom is 0.164 e. The number of aromatic nitrogens is 3. The van der Waals surface area contributed by atoms with E-state index in [1.54, 1.807) is 0 Å². The van der Waals surface area contributed by atoms with Crippen LogP contribution < -0.4 is 0 Å². The molecule has 0 radical (unpaired) electrons. The van der Waals surface area contributed by atoms with Gasteiger partial charge in [0.2, 0.25) is 0 Å². The first kappa shape index (κ1) is 33.9. The van der Waals surface area contributed by atoms with Crippen molar-refractivity contribution in [2.24, 2.45) is 0 Å². The molecule has 2 aliphatic rings. The molecule has 270 valence electrons. The fraction of sp³-hybridized carbons (Fsp3) is 0.0189. The van der Waals surface area contributed by atoms with Crippen LogP contribution in [0.15, 0.2) is 204 Å². The van der Waals surface area contributed by atoms with Gasteiger partial charge in [-0.3, -0.25) is 0 Å². The SMILES string of the molecule is N#Cc1ccccc1-c1ccc(-c2ccc3c(c2)C2(c4cc(-c5nc(-c6ccccc6)nc(-c6ccccc6)n5)ccc4S3)c3ccccc3-c3ccccc32)cc1. The Morgan fingerprint density at radius 3 is 1.36 bits per heavy atom. The van der Waals surface area contributed by atoms with Crippen molar-refractivity contribution in [3.63, 3.8) is 0 Å². The molecule has 1 aliphatic heterocycles. The smallest absolute Gasteiger partial charge is 0.164 e. The van der Waals surface area contributed by atoms with E-state index in [0.717, 1.165) is 38.9 Å². The minimum atomic E-state index is -0.599. The largest absolute Gasteiger partial charge is 0.208 e. The second kappa shape index (κ2) is 13.7. The van der Waals surface area contributed by atoms with Crippen LogP contribution in [0.3, 0.4) is 0 Å². The van der Waals surface area contributed by atoms with E-state index in [1.165, 1.54) is 43.2 Å². The first-order valence-electron chi connectivity index (χ1n) is 19.3. The van der Waals surface area contributed by atoms with Crippen LogP contribution >= 0.6 is 11.8 Å². The molecular formula is C53H32N4S. The van der Waals surface area contributed by atoms with Gasteiger partial charge in [-0.05, 0) is 86.0 Å². The number of benzene rings is 8. The number of nitriles is 1. The van der Waals surface area contributed by atoms with E-state index in [-0.39, 0.29) is 0 Å². The second-order valence-electron chi connectivity index (χ2n) is 14.6. The Hall–Kier alpha value is -7.39. The van der Waals surface area contributed by atoms with Gasteiger partial charge in [-0.1, -0.05) is 176 Å². The number of fused-ring (bicyclic) bond motifs is 9. The fourth-order valence-corrected chi connectivity index (χ4v) is 9.99. The Kier molecular flexibility index (Phi) is 7.99. The summed E-state index contributed by atoms with van der Waals surface area (Å²) in [5.41, 5.74) is 14.6. The Morgan fingerprint density at radius 1 is 0.362 bits per heavy atom. The molecule has 1 aromatic heterocycles. The maximum atomic E-state index is 9.77. The van der Waals surface area contributed by atoms with Gasteiger partial charge in [0.25, 0.3) is 0 Å². The van der Waals surface area contributed by atoms with Crippen molar-refractivity contribution < 1.29 is 0 Å². The van der Waals surface area contributed by atoms with Gasteiger partial charge in [0, 0.05) is 26.5 Å². The highest BCUT2D eigenvalue weighted by Gasteiger charge is 2.50. The summed E-state index contributed by atoms with van der Waals surface area (Å²) in [5.74, 6) is 1.91. The van der Waals surface area contributed by atoms with Gasteiger partial charge in [-0.15, -0.1) is 0 Å². The number of rotatable bonds is 5. The topological polar surface area (TPSA) is 62.5 Å². The van der Waals surface area contributed by atoms with Crippen LogP contribution in [0, 0.1) is 11.3 Å². The van der Waals surface area contributed by atoms with Crippen LogP contribution in [0.2, 0.25) is 0 Å². The summed E-state index contributed by atoms with van der Waals surface area (Å²) in [6, 6.07) is 70.5. The van der Waals surface area contributed by atoms with Gasteiger partial charge in [0.15, 0.2) is 17.5 Å². The molecule has 0 N–H and O–H groups in total. The minimum Gasteiger partial charge on any atom is -0.208 e. The van der Waals surface area contributed by atoms with E-state index in [4.69, 9.17) is 15.0 Å². The summed E-state index contributed by atoms with van der Waals surface area (Å²) in [5, 5.41) is 9.77. The van der Waals surface area contributed by atoms with Crippen LogP contribution in [-0.2, 0) is 5.41 Å². The van der Waals surface area contributed by atoms with Crippen molar-refractivity contribution >= 4 is 11.8 Å². The lowest BCUT2D eigenvalue weighted by molar-refractivity contribution is 0.723. The highest BCUT2D eigenvalue weighted by Crippen LogP contribution is 2.62. The molecule has 1 aliphatic carbocycles. The molecule has 2 heterocycles. The predicted molar refractivity (Wildman–Crippen MR) is 233 cm³/mol. The van der Waals surface area contributed by atoms with Crippen molar-refractivity contribution in [2.75, 3.05) is 0 Å². The molecule has 0 saturated heterocycles. The highest BCUT2D eigenvalue weighted by atomic mass is 32.2. The number of hydrogen-bond donors (Lipinski definition) is 0. The molecule has 0 amide bonds. The van der Waals surface area contributed by atoms with Gasteiger partial charge >= 0.3 is 0 Å². The summed E-state index contributed by atoms with van der Waals surface area (Å²) in [4.78, 5) is 17.7. The van der Waals surface area contributed by atoms with E-state index in [0.29, 0.717) is 23.0 Å². The number of hydrogen-bond acceptors (Lipinski definition) is 5. The van der Waals surface area contributed by atoms with Crippen LogP contribution in [0.4, 0.5) is 0 Å². The highest BCUT2D eigenvalue weighted by molar-refractivity contribution is 7.99. The van der Waals surface area contributed by atoms with E-state index < -0.39 is 5.41 Å². The fourth-order valence-electron chi connectivity index (χ4n) is 8.83. The van der Waals surface area contributed by atoms with Gasteiger partial charge in [0.1, 0.15) is 0 Å².